The highest BCUT2D eigenvalue weighted by molar-refractivity contribution is 7.87. The molecule has 2 atom stereocenters. The van der Waals surface area contributed by atoms with Crippen LogP contribution in [0.2, 0.25) is 0 Å². The first kappa shape index (κ1) is 18.6. The van der Waals surface area contributed by atoms with E-state index in [-0.39, 0.29) is 18.8 Å². The normalized spacial score (nSPS) is 22.7. The van der Waals surface area contributed by atoms with Crippen LogP contribution in [0.1, 0.15) is 24.8 Å². The Bertz CT molecular complexity index is 807. The van der Waals surface area contributed by atoms with Gasteiger partial charge in [0.25, 0.3) is 0 Å². The van der Waals surface area contributed by atoms with Crippen molar-refractivity contribution in [2.45, 2.75) is 43.5 Å². The maximum atomic E-state index is 12.4. The van der Waals surface area contributed by atoms with Gasteiger partial charge in [-0.1, -0.05) is 30.3 Å². The molecule has 0 aliphatic carbocycles. The molecule has 1 amide bonds. The van der Waals surface area contributed by atoms with Gasteiger partial charge >= 0.3 is 21.7 Å². The van der Waals surface area contributed by atoms with Gasteiger partial charge in [0.15, 0.2) is 0 Å². The second-order valence-electron chi connectivity index (χ2n) is 6.07. The van der Waals surface area contributed by atoms with E-state index in [9.17, 15) is 26.4 Å². The van der Waals surface area contributed by atoms with Gasteiger partial charge in [0.1, 0.15) is 12.4 Å². The lowest BCUT2D eigenvalue weighted by molar-refractivity contribution is -0.0526. The summed E-state index contributed by atoms with van der Waals surface area (Å²) in [6.45, 7) is 0.0745. The highest BCUT2D eigenvalue weighted by Gasteiger charge is 2.50. The second-order valence-corrected chi connectivity index (χ2v) is 7.60. The Kier molecular flexibility index (Phi) is 4.87. The van der Waals surface area contributed by atoms with E-state index in [1.54, 1.807) is 24.3 Å². The van der Waals surface area contributed by atoms with Gasteiger partial charge in [-0.3, -0.25) is 4.90 Å². The zero-order valence-electron chi connectivity index (χ0n) is 13.5. The third-order valence-corrected chi connectivity index (χ3v) is 5.28. The standard InChI is InChI=1S/C16H16F3NO5S/c17-16(18,19)26(22,23)25-14-8-12-6-7-13(9-14)20(12)15(21)24-10-11-4-2-1-3-5-11/h1-5,8,12-13H,6-7,9-10H2/t12-,13+/m0/s1. The van der Waals surface area contributed by atoms with Crippen molar-refractivity contribution in [1.29, 1.82) is 0 Å². The minimum absolute atomic E-state index is 0.0745. The molecule has 1 aromatic carbocycles. The van der Waals surface area contributed by atoms with Crippen LogP contribution in [0.4, 0.5) is 18.0 Å². The number of fused-ring (bicyclic) bond motifs is 2. The summed E-state index contributed by atoms with van der Waals surface area (Å²) in [6, 6.07) is 8.04. The molecule has 0 N–H and O–H groups in total. The van der Waals surface area contributed by atoms with Crippen LogP contribution >= 0.6 is 0 Å². The number of hydrogen-bond donors (Lipinski definition) is 0. The molecule has 0 saturated carbocycles. The van der Waals surface area contributed by atoms with Crippen molar-refractivity contribution in [3.63, 3.8) is 0 Å². The third-order valence-electron chi connectivity index (χ3n) is 4.28. The number of ether oxygens (including phenoxy) is 1. The molecule has 0 aromatic heterocycles. The van der Waals surface area contributed by atoms with Crippen LogP contribution in [0, 0.1) is 0 Å². The van der Waals surface area contributed by atoms with E-state index in [0.717, 1.165) is 5.56 Å². The number of hydrogen-bond acceptors (Lipinski definition) is 5. The Morgan fingerprint density at radius 1 is 1.19 bits per heavy atom. The summed E-state index contributed by atoms with van der Waals surface area (Å²) in [5, 5.41) is 0. The fourth-order valence-corrected chi connectivity index (χ4v) is 3.62. The molecule has 26 heavy (non-hydrogen) atoms. The number of rotatable bonds is 4. The van der Waals surface area contributed by atoms with Gasteiger partial charge in [0.2, 0.25) is 0 Å². The molecule has 0 unspecified atom stereocenters. The zero-order chi connectivity index (χ0) is 18.9. The van der Waals surface area contributed by atoms with Crippen LogP contribution in [0.3, 0.4) is 0 Å². The van der Waals surface area contributed by atoms with E-state index < -0.39 is 33.8 Å². The van der Waals surface area contributed by atoms with Crippen molar-refractivity contribution in [2.24, 2.45) is 0 Å². The average molecular weight is 391 g/mol. The molecule has 142 valence electrons. The summed E-state index contributed by atoms with van der Waals surface area (Å²) in [6.07, 6.45) is 1.59. The van der Waals surface area contributed by atoms with Gasteiger partial charge in [0.05, 0.1) is 6.04 Å². The predicted molar refractivity (Wildman–Crippen MR) is 84.0 cm³/mol. The molecule has 6 nitrogen and oxygen atoms in total. The molecule has 1 aromatic rings. The summed E-state index contributed by atoms with van der Waals surface area (Å²) in [5.74, 6) is -0.290. The van der Waals surface area contributed by atoms with Crippen LogP contribution < -0.4 is 0 Å². The highest BCUT2D eigenvalue weighted by atomic mass is 32.2. The van der Waals surface area contributed by atoms with Gasteiger partial charge in [-0.05, 0) is 24.5 Å². The maximum absolute atomic E-state index is 12.4. The van der Waals surface area contributed by atoms with E-state index in [0.29, 0.717) is 12.8 Å². The van der Waals surface area contributed by atoms with Crippen LogP contribution in [-0.4, -0.2) is 37.0 Å². The molecule has 2 aliphatic heterocycles. The number of benzene rings is 1. The van der Waals surface area contributed by atoms with E-state index in [1.165, 1.54) is 11.0 Å². The molecular formula is C16H16F3NO5S. The van der Waals surface area contributed by atoms with E-state index >= 15 is 0 Å². The molecule has 0 spiro atoms. The van der Waals surface area contributed by atoms with Crippen molar-refractivity contribution in [3.8, 4) is 0 Å². The molecular weight excluding hydrogens is 375 g/mol. The number of amides is 1. The van der Waals surface area contributed by atoms with Crippen molar-refractivity contribution in [1.82, 2.24) is 4.90 Å². The molecule has 3 rings (SSSR count). The fraction of sp³-hybridized carbons (Fsp3) is 0.438. The SMILES string of the molecule is O=C(OCc1ccccc1)N1[C@@H]2CC[C@H]1C=C(OS(=O)(=O)C(F)(F)F)C2. The Balaban J connectivity index is 1.66. The Morgan fingerprint density at radius 2 is 1.88 bits per heavy atom. The number of nitrogens with zero attached hydrogens (tertiary/aromatic N) is 1. The molecule has 2 bridgehead atoms. The Morgan fingerprint density at radius 3 is 2.50 bits per heavy atom. The van der Waals surface area contributed by atoms with Crippen molar-refractivity contribution >= 4 is 16.2 Å². The van der Waals surface area contributed by atoms with Crippen LogP contribution in [-0.2, 0) is 25.6 Å². The first-order chi connectivity index (χ1) is 12.2. The zero-order valence-corrected chi connectivity index (χ0v) is 14.3. The molecule has 2 heterocycles. The monoisotopic (exact) mass is 391 g/mol. The van der Waals surface area contributed by atoms with Gasteiger partial charge in [-0.25, -0.2) is 4.79 Å². The lowest BCUT2D eigenvalue weighted by Crippen LogP contribution is -2.44. The summed E-state index contributed by atoms with van der Waals surface area (Å²) in [7, 11) is -5.70. The number of halogens is 3. The Hall–Kier alpha value is -2.23. The smallest absolute Gasteiger partial charge is 0.445 e. The van der Waals surface area contributed by atoms with Gasteiger partial charge < -0.3 is 8.92 Å². The van der Waals surface area contributed by atoms with Crippen LogP contribution in [0.25, 0.3) is 0 Å². The number of carbonyl (C=O) groups is 1. The van der Waals surface area contributed by atoms with E-state index in [1.807, 2.05) is 6.07 Å². The third kappa shape index (κ3) is 3.79. The van der Waals surface area contributed by atoms with E-state index in [2.05, 4.69) is 4.18 Å². The molecule has 10 heteroatoms. The van der Waals surface area contributed by atoms with E-state index in [4.69, 9.17) is 4.74 Å². The van der Waals surface area contributed by atoms with Crippen LogP contribution in [0.15, 0.2) is 42.2 Å². The highest BCUT2D eigenvalue weighted by Crippen LogP contribution is 2.38. The fourth-order valence-electron chi connectivity index (χ4n) is 3.12. The molecule has 0 radical (unpaired) electrons. The van der Waals surface area contributed by atoms with Gasteiger partial charge in [0, 0.05) is 12.5 Å². The average Bonchev–Trinajstić information content (AvgIpc) is 2.83. The van der Waals surface area contributed by atoms with Crippen molar-refractivity contribution < 1.29 is 35.3 Å². The summed E-state index contributed by atoms with van der Waals surface area (Å²) >= 11 is 0. The summed E-state index contributed by atoms with van der Waals surface area (Å²) in [5.41, 5.74) is -4.68. The summed E-state index contributed by atoms with van der Waals surface area (Å²) < 4.78 is 69.1. The lowest BCUT2D eigenvalue weighted by Gasteiger charge is -2.32. The summed E-state index contributed by atoms with van der Waals surface area (Å²) in [4.78, 5) is 13.7. The number of alkyl halides is 3. The topological polar surface area (TPSA) is 72.9 Å². The minimum Gasteiger partial charge on any atom is -0.445 e. The first-order valence-electron chi connectivity index (χ1n) is 7.88. The molecule has 1 saturated heterocycles. The van der Waals surface area contributed by atoms with Crippen molar-refractivity contribution in [2.75, 3.05) is 0 Å². The minimum atomic E-state index is -5.70. The van der Waals surface area contributed by atoms with Gasteiger partial charge in [-0.15, -0.1) is 0 Å². The largest absolute Gasteiger partial charge is 0.534 e. The maximum Gasteiger partial charge on any atom is 0.534 e. The van der Waals surface area contributed by atoms with Crippen molar-refractivity contribution in [3.05, 3.63) is 47.7 Å². The first-order valence-corrected chi connectivity index (χ1v) is 9.28. The van der Waals surface area contributed by atoms with Crippen LogP contribution in [0.5, 0.6) is 0 Å². The lowest BCUT2D eigenvalue weighted by atomic mass is 10.1. The predicted octanol–water partition coefficient (Wildman–Crippen LogP) is 3.31. The quantitative estimate of drug-likeness (QED) is 0.582. The van der Waals surface area contributed by atoms with Gasteiger partial charge in [-0.2, -0.15) is 21.6 Å². The Labute approximate surface area is 148 Å². The molecule has 1 fully saturated rings. The second kappa shape index (κ2) is 6.82. The number of carbonyl (C=O) groups excluding carboxylic acids is 1. The molecule has 2 aliphatic rings.